The Balaban J connectivity index is 3.89. The van der Waals surface area contributed by atoms with Crippen molar-refractivity contribution in [1.29, 1.82) is 0 Å². The summed E-state index contributed by atoms with van der Waals surface area (Å²) in [4.78, 5) is 0. The Bertz CT molecular complexity index is 314. The fourth-order valence-corrected chi connectivity index (χ4v) is 2.60. The fourth-order valence-electron chi connectivity index (χ4n) is 1.75. The average Bonchev–Trinajstić information content (AvgIpc) is 2.38. The molecule has 0 aromatic rings. The number of rotatable bonds is 14. The predicted molar refractivity (Wildman–Crippen MR) is 82.1 cm³/mol. The maximum Gasteiger partial charge on any atom is 0.402 e. The lowest BCUT2D eigenvalue weighted by Crippen LogP contribution is -2.33. The molecule has 0 rings (SSSR count). The first-order valence-electron chi connectivity index (χ1n) is 7.44. The summed E-state index contributed by atoms with van der Waals surface area (Å²) in [5, 5.41) is 0. The van der Waals surface area contributed by atoms with Crippen LogP contribution in [0.15, 0.2) is 0 Å². The molecular formula is C12H30N4O4S. The van der Waals surface area contributed by atoms with E-state index in [2.05, 4.69) is 0 Å². The second-order valence-corrected chi connectivity index (χ2v) is 6.16. The summed E-state index contributed by atoms with van der Waals surface area (Å²) in [6, 6.07) is 0. The first-order chi connectivity index (χ1) is 9.91. The Hall–Kier alpha value is -0.290. The molecule has 0 fully saturated rings. The highest BCUT2D eigenvalue weighted by Gasteiger charge is 2.20. The Kier molecular flexibility index (Phi) is 12.1. The van der Waals surface area contributed by atoms with Gasteiger partial charge in [0.2, 0.25) is 0 Å². The molecule has 0 aromatic carbocycles. The highest BCUT2D eigenvalue weighted by Crippen LogP contribution is 2.10. The summed E-state index contributed by atoms with van der Waals surface area (Å²) in [6.45, 7) is 1.22. The van der Waals surface area contributed by atoms with Crippen molar-refractivity contribution in [2.75, 3.05) is 13.1 Å². The van der Waals surface area contributed by atoms with E-state index in [1.165, 1.54) is 0 Å². The van der Waals surface area contributed by atoms with E-state index in [0.717, 1.165) is 38.5 Å². The molecule has 0 aliphatic carbocycles. The van der Waals surface area contributed by atoms with Crippen LogP contribution in [0.25, 0.3) is 0 Å². The SMILES string of the molecule is NCCCCCC(N)OS(=O)(=O)OC(N)CCCCCN. The molecule has 0 saturated heterocycles. The standard InChI is InChI=1S/C12H30N4O4S/c13-9-5-1-3-7-11(15)19-21(17,18)20-12(16)8-4-2-6-10-14/h11-12H,1-10,13-16H2. The van der Waals surface area contributed by atoms with Gasteiger partial charge in [0, 0.05) is 0 Å². The summed E-state index contributed by atoms with van der Waals surface area (Å²) in [7, 11) is -4.16. The van der Waals surface area contributed by atoms with Crippen LogP contribution in [0.4, 0.5) is 0 Å². The van der Waals surface area contributed by atoms with Crippen molar-refractivity contribution < 1.29 is 16.8 Å². The minimum Gasteiger partial charge on any atom is -0.330 e. The van der Waals surface area contributed by atoms with Gasteiger partial charge in [-0.05, 0) is 51.6 Å². The second kappa shape index (κ2) is 12.3. The lowest BCUT2D eigenvalue weighted by molar-refractivity contribution is 0.117. The van der Waals surface area contributed by atoms with Gasteiger partial charge < -0.3 is 22.9 Å². The first-order valence-corrected chi connectivity index (χ1v) is 8.77. The van der Waals surface area contributed by atoms with Crippen LogP contribution in [-0.4, -0.2) is 34.0 Å². The van der Waals surface area contributed by atoms with Gasteiger partial charge in [-0.3, -0.25) is 0 Å². The average molecular weight is 326 g/mol. The summed E-state index contributed by atoms with van der Waals surface area (Å²) in [5.74, 6) is 0. The van der Waals surface area contributed by atoms with Crippen molar-refractivity contribution in [3.05, 3.63) is 0 Å². The van der Waals surface area contributed by atoms with Gasteiger partial charge in [-0.1, -0.05) is 12.8 Å². The zero-order valence-corrected chi connectivity index (χ0v) is 13.4. The van der Waals surface area contributed by atoms with Crippen LogP contribution in [-0.2, 0) is 18.8 Å². The molecule has 0 radical (unpaired) electrons. The van der Waals surface area contributed by atoms with Crippen LogP contribution in [0.5, 0.6) is 0 Å². The third kappa shape index (κ3) is 13.1. The van der Waals surface area contributed by atoms with Crippen LogP contribution in [0, 0.1) is 0 Å². The summed E-state index contributed by atoms with van der Waals surface area (Å²) in [5.41, 5.74) is 21.9. The van der Waals surface area contributed by atoms with E-state index in [4.69, 9.17) is 31.3 Å². The summed E-state index contributed by atoms with van der Waals surface area (Å²) in [6.07, 6.45) is 4.03. The predicted octanol–water partition coefficient (Wildman–Crippen LogP) is -0.128. The van der Waals surface area contributed by atoms with Gasteiger partial charge in [-0.25, -0.2) is 8.37 Å². The lowest BCUT2D eigenvalue weighted by Gasteiger charge is -2.16. The van der Waals surface area contributed by atoms with E-state index in [0.29, 0.717) is 25.9 Å². The molecular weight excluding hydrogens is 296 g/mol. The van der Waals surface area contributed by atoms with Crippen molar-refractivity contribution in [2.24, 2.45) is 22.9 Å². The molecule has 0 spiro atoms. The second-order valence-electron chi connectivity index (χ2n) is 4.95. The van der Waals surface area contributed by atoms with Gasteiger partial charge >= 0.3 is 10.4 Å². The molecule has 0 aliphatic rings. The maximum absolute atomic E-state index is 11.6. The Morgan fingerprint density at radius 3 is 1.43 bits per heavy atom. The Morgan fingerprint density at radius 1 is 0.714 bits per heavy atom. The minimum absolute atomic E-state index is 0.425. The van der Waals surface area contributed by atoms with Crippen LogP contribution < -0.4 is 22.9 Å². The highest BCUT2D eigenvalue weighted by atomic mass is 32.3. The topological polar surface area (TPSA) is 157 Å². The van der Waals surface area contributed by atoms with E-state index in [9.17, 15) is 8.42 Å². The molecule has 0 aromatic heterocycles. The van der Waals surface area contributed by atoms with E-state index < -0.39 is 22.9 Å². The number of nitrogens with two attached hydrogens (primary N) is 4. The molecule has 21 heavy (non-hydrogen) atoms. The zero-order valence-electron chi connectivity index (χ0n) is 12.6. The number of unbranched alkanes of at least 4 members (excludes halogenated alkanes) is 4. The Labute approximate surface area is 127 Å². The van der Waals surface area contributed by atoms with Crippen LogP contribution in [0.3, 0.4) is 0 Å². The van der Waals surface area contributed by atoms with Gasteiger partial charge in [-0.15, -0.1) is 0 Å². The third-order valence-corrected chi connectivity index (χ3v) is 3.83. The molecule has 0 heterocycles. The van der Waals surface area contributed by atoms with Gasteiger partial charge in [0.1, 0.15) is 12.5 Å². The van der Waals surface area contributed by atoms with Crippen LogP contribution in [0.1, 0.15) is 51.4 Å². The van der Waals surface area contributed by atoms with Crippen molar-refractivity contribution in [1.82, 2.24) is 0 Å². The van der Waals surface area contributed by atoms with Crippen LogP contribution in [0.2, 0.25) is 0 Å². The molecule has 2 unspecified atom stereocenters. The first kappa shape index (κ1) is 20.7. The molecule has 8 N–H and O–H groups in total. The smallest absolute Gasteiger partial charge is 0.330 e. The number of hydrogen-bond acceptors (Lipinski definition) is 8. The quantitative estimate of drug-likeness (QED) is 0.254. The summed E-state index contributed by atoms with van der Waals surface area (Å²) >= 11 is 0. The summed E-state index contributed by atoms with van der Waals surface area (Å²) < 4.78 is 32.6. The van der Waals surface area contributed by atoms with E-state index >= 15 is 0 Å². The molecule has 8 nitrogen and oxygen atoms in total. The molecule has 0 saturated carbocycles. The van der Waals surface area contributed by atoms with Crippen molar-refractivity contribution in [3.8, 4) is 0 Å². The van der Waals surface area contributed by atoms with E-state index in [1.807, 2.05) is 0 Å². The molecule has 0 aliphatic heterocycles. The maximum atomic E-state index is 11.6. The molecule has 0 bridgehead atoms. The Morgan fingerprint density at radius 2 is 1.10 bits per heavy atom. The van der Waals surface area contributed by atoms with Gasteiger partial charge in [0.25, 0.3) is 0 Å². The zero-order chi connectivity index (χ0) is 16.1. The largest absolute Gasteiger partial charge is 0.402 e. The van der Waals surface area contributed by atoms with Crippen molar-refractivity contribution >= 4 is 10.4 Å². The van der Waals surface area contributed by atoms with E-state index in [1.54, 1.807) is 0 Å². The fraction of sp³-hybridized carbons (Fsp3) is 1.00. The van der Waals surface area contributed by atoms with E-state index in [-0.39, 0.29) is 0 Å². The molecule has 0 amide bonds. The van der Waals surface area contributed by atoms with Crippen LogP contribution >= 0.6 is 0 Å². The lowest BCUT2D eigenvalue weighted by atomic mass is 10.2. The number of hydrogen-bond donors (Lipinski definition) is 4. The normalized spacial score (nSPS) is 15.0. The monoisotopic (exact) mass is 326 g/mol. The van der Waals surface area contributed by atoms with Gasteiger partial charge in [-0.2, -0.15) is 8.42 Å². The minimum atomic E-state index is -4.16. The van der Waals surface area contributed by atoms with Crippen molar-refractivity contribution in [2.45, 2.75) is 63.8 Å². The molecule has 9 heteroatoms. The highest BCUT2D eigenvalue weighted by molar-refractivity contribution is 7.81. The molecule has 128 valence electrons. The van der Waals surface area contributed by atoms with Gasteiger partial charge in [0.15, 0.2) is 0 Å². The molecule has 2 atom stereocenters. The third-order valence-electron chi connectivity index (χ3n) is 2.87. The van der Waals surface area contributed by atoms with Gasteiger partial charge in [0.05, 0.1) is 0 Å². The van der Waals surface area contributed by atoms with Crippen molar-refractivity contribution in [3.63, 3.8) is 0 Å².